The second-order valence-electron chi connectivity index (χ2n) is 8.08. The average Bonchev–Trinajstić information content (AvgIpc) is 3.14. The van der Waals surface area contributed by atoms with Crippen LogP contribution in [-0.2, 0) is 6.54 Å². The van der Waals surface area contributed by atoms with Crippen LogP contribution in [0.2, 0.25) is 0 Å². The van der Waals surface area contributed by atoms with Crippen molar-refractivity contribution in [2.75, 3.05) is 66.0 Å². The van der Waals surface area contributed by atoms with Gasteiger partial charge in [0.25, 0.3) is 0 Å². The third-order valence-corrected chi connectivity index (χ3v) is 5.67. The second-order valence-corrected chi connectivity index (χ2v) is 8.08. The lowest BCUT2D eigenvalue weighted by Crippen LogP contribution is -2.50. The molecule has 2 aliphatic rings. The average molecular weight is 554 g/mol. The Labute approximate surface area is 200 Å². The van der Waals surface area contributed by atoms with Crippen LogP contribution in [0.3, 0.4) is 0 Å². The molecule has 1 aromatic rings. The molecule has 3 rings (SSSR count). The molecule has 0 amide bonds. The summed E-state index contributed by atoms with van der Waals surface area (Å²) in [6.45, 7) is 6.87. The molecule has 2 fully saturated rings. The van der Waals surface area contributed by atoms with Gasteiger partial charge in [-0.3, -0.25) is 19.7 Å². The summed E-state index contributed by atoms with van der Waals surface area (Å²) in [7, 11) is 1.69. The Balaban J connectivity index is 0.00000341. The van der Waals surface area contributed by atoms with Crippen LogP contribution in [0.4, 0.5) is 13.2 Å². The van der Waals surface area contributed by atoms with Gasteiger partial charge in [-0.25, -0.2) is 0 Å². The third kappa shape index (κ3) is 9.50. The number of nitrogens with zero attached hydrogens (tertiary/aromatic N) is 4. The molecule has 0 aromatic heterocycles. The smallest absolute Gasteiger partial charge is 0.355 e. The van der Waals surface area contributed by atoms with Gasteiger partial charge in [-0.2, -0.15) is 13.2 Å². The number of hydrogen-bond donors (Lipinski definition) is 2. The topological polar surface area (TPSA) is 46.1 Å². The molecule has 0 bridgehead atoms. The molecule has 2 saturated heterocycles. The molecule has 0 spiro atoms. The maximum absolute atomic E-state index is 12.5. The Morgan fingerprint density at radius 1 is 1.03 bits per heavy atom. The van der Waals surface area contributed by atoms with Crippen molar-refractivity contribution < 1.29 is 13.2 Å². The van der Waals surface area contributed by atoms with Gasteiger partial charge in [0.05, 0.1) is 6.54 Å². The molecule has 1 unspecified atom stereocenters. The maximum Gasteiger partial charge on any atom is 0.401 e. The highest BCUT2D eigenvalue weighted by atomic mass is 127. The van der Waals surface area contributed by atoms with E-state index >= 15 is 0 Å². The molecule has 1 atom stereocenters. The van der Waals surface area contributed by atoms with Gasteiger partial charge in [-0.1, -0.05) is 30.3 Å². The van der Waals surface area contributed by atoms with E-state index in [0.29, 0.717) is 25.5 Å². The van der Waals surface area contributed by atoms with E-state index in [9.17, 15) is 13.2 Å². The predicted octanol–water partition coefficient (Wildman–Crippen LogP) is 2.22. The summed E-state index contributed by atoms with van der Waals surface area (Å²) >= 11 is 0. The molecule has 2 N–H and O–H groups in total. The van der Waals surface area contributed by atoms with E-state index in [0.717, 1.165) is 45.8 Å². The molecule has 0 aliphatic carbocycles. The van der Waals surface area contributed by atoms with Gasteiger partial charge in [-0.05, 0) is 12.0 Å². The second kappa shape index (κ2) is 12.8. The van der Waals surface area contributed by atoms with E-state index < -0.39 is 12.7 Å². The summed E-state index contributed by atoms with van der Waals surface area (Å²) in [5.74, 6) is 0.663. The monoisotopic (exact) mass is 554 g/mol. The summed E-state index contributed by atoms with van der Waals surface area (Å²) in [4.78, 5) is 10.6. The van der Waals surface area contributed by atoms with E-state index in [4.69, 9.17) is 0 Å². The van der Waals surface area contributed by atoms with Gasteiger partial charge in [0.2, 0.25) is 0 Å². The van der Waals surface area contributed by atoms with Crippen molar-refractivity contribution in [3.05, 3.63) is 35.9 Å². The van der Waals surface area contributed by atoms with Crippen LogP contribution in [0.25, 0.3) is 0 Å². The standard InChI is InChI=1S/C21H33F3N6.HI/c1-25-20(27-19-7-9-30(16-19)17-21(22,23)24)26-8-10-28-11-13-29(14-12-28)15-18-5-3-2-4-6-18;/h2-6,19H,7-17H2,1H3,(H2,25,26,27);1H. The Hall–Kier alpha value is -1.11. The number of alkyl halides is 3. The minimum absolute atomic E-state index is 0. The minimum Gasteiger partial charge on any atom is -0.355 e. The van der Waals surface area contributed by atoms with Gasteiger partial charge in [0.15, 0.2) is 5.96 Å². The number of piperazine rings is 1. The normalized spacial score (nSPS) is 21.7. The molecule has 2 heterocycles. The molecule has 0 radical (unpaired) electrons. The third-order valence-electron chi connectivity index (χ3n) is 5.67. The SMILES string of the molecule is CN=C(NCCN1CCN(Cc2ccccc2)CC1)NC1CCN(CC(F)(F)F)C1.I. The maximum atomic E-state index is 12.5. The van der Waals surface area contributed by atoms with Crippen LogP contribution < -0.4 is 10.6 Å². The van der Waals surface area contributed by atoms with Crippen LogP contribution in [0.15, 0.2) is 35.3 Å². The largest absolute Gasteiger partial charge is 0.401 e. The molecule has 1 aromatic carbocycles. The van der Waals surface area contributed by atoms with Gasteiger partial charge in [0.1, 0.15) is 0 Å². The first kappa shape index (κ1) is 26.1. The molecule has 31 heavy (non-hydrogen) atoms. The van der Waals surface area contributed by atoms with Crippen LogP contribution in [0, 0.1) is 0 Å². The summed E-state index contributed by atoms with van der Waals surface area (Å²) in [6, 6.07) is 10.5. The molecule has 2 aliphatic heterocycles. The summed E-state index contributed by atoms with van der Waals surface area (Å²) in [6.07, 6.45) is -3.44. The van der Waals surface area contributed by atoms with E-state index in [1.54, 1.807) is 7.05 Å². The lowest BCUT2D eigenvalue weighted by molar-refractivity contribution is -0.143. The van der Waals surface area contributed by atoms with Crippen molar-refractivity contribution in [3.8, 4) is 0 Å². The van der Waals surface area contributed by atoms with E-state index in [1.807, 2.05) is 6.07 Å². The van der Waals surface area contributed by atoms with Gasteiger partial charge < -0.3 is 10.6 Å². The molecular weight excluding hydrogens is 520 g/mol. The fraction of sp³-hybridized carbons (Fsp3) is 0.667. The van der Waals surface area contributed by atoms with E-state index in [-0.39, 0.29) is 30.0 Å². The lowest BCUT2D eigenvalue weighted by atomic mass is 10.2. The predicted molar refractivity (Wildman–Crippen MR) is 129 cm³/mol. The Bertz CT molecular complexity index is 665. The number of benzene rings is 1. The van der Waals surface area contributed by atoms with Crippen LogP contribution in [0.5, 0.6) is 0 Å². The van der Waals surface area contributed by atoms with Gasteiger partial charge in [-0.15, -0.1) is 24.0 Å². The number of rotatable bonds is 7. The van der Waals surface area contributed by atoms with Crippen molar-refractivity contribution in [2.45, 2.75) is 25.2 Å². The first-order chi connectivity index (χ1) is 14.4. The highest BCUT2D eigenvalue weighted by Crippen LogP contribution is 2.19. The number of guanidine groups is 1. The number of aliphatic imine (C=N–C) groups is 1. The molecule has 6 nitrogen and oxygen atoms in total. The summed E-state index contributed by atoms with van der Waals surface area (Å²) in [5, 5.41) is 6.56. The number of nitrogens with one attached hydrogen (secondary N) is 2. The molecule has 10 heteroatoms. The minimum atomic E-state index is -4.14. The number of hydrogen-bond acceptors (Lipinski definition) is 4. The molecular formula is C21H34F3IN6. The molecule has 176 valence electrons. The number of halogens is 4. The fourth-order valence-electron chi connectivity index (χ4n) is 4.08. The lowest BCUT2D eigenvalue weighted by Gasteiger charge is -2.34. The van der Waals surface area contributed by atoms with Crippen molar-refractivity contribution >= 4 is 29.9 Å². The zero-order valence-corrected chi connectivity index (χ0v) is 20.4. The number of likely N-dealkylation sites (tertiary alicyclic amines) is 1. The van der Waals surface area contributed by atoms with E-state index in [2.05, 4.69) is 49.7 Å². The first-order valence-corrected chi connectivity index (χ1v) is 10.7. The Morgan fingerprint density at radius 3 is 2.35 bits per heavy atom. The van der Waals surface area contributed by atoms with Crippen molar-refractivity contribution in [2.24, 2.45) is 4.99 Å². The quantitative estimate of drug-likeness (QED) is 0.308. The van der Waals surface area contributed by atoms with E-state index in [1.165, 1.54) is 10.5 Å². The highest BCUT2D eigenvalue weighted by molar-refractivity contribution is 14.0. The van der Waals surface area contributed by atoms with Gasteiger partial charge in [0, 0.05) is 72.0 Å². The van der Waals surface area contributed by atoms with Gasteiger partial charge >= 0.3 is 6.18 Å². The highest BCUT2D eigenvalue weighted by Gasteiger charge is 2.34. The summed E-state index contributed by atoms with van der Waals surface area (Å²) in [5.41, 5.74) is 1.35. The van der Waals surface area contributed by atoms with Crippen LogP contribution in [-0.4, -0.2) is 98.8 Å². The van der Waals surface area contributed by atoms with Crippen molar-refractivity contribution in [1.29, 1.82) is 0 Å². The van der Waals surface area contributed by atoms with Crippen LogP contribution in [0.1, 0.15) is 12.0 Å². The fourth-order valence-corrected chi connectivity index (χ4v) is 4.08. The zero-order chi connectivity index (χ0) is 21.4. The van der Waals surface area contributed by atoms with Crippen molar-refractivity contribution in [1.82, 2.24) is 25.3 Å². The first-order valence-electron chi connectivity index (χ1n) is 10.7. The van der Waals surface area contributed by atoms with Crippen LogP contribution >= 0.6 is 24.0 Å². The molecule has 0 saturated carbocycles. The van der Waals surface area contributed by atoms with Crippen molar-refractivity contribution in [3.63, 3.8) is 0 Å². The Kier molecular flexibility index (Phi) is 10.8. The Morgan fingerprint density at radius 2 is 1.71 bits per heavy atom. The zero-order valence-electron chi connectivity index (χ0n) is 18.1. The summed E-state index contributed by atoms with van der Waals surface area (Å²) < 4.78 is 37.6.